The molecule has 0 amide bonds. The average molecular weight is 371 g/mol. The van der Waals surface area contributed by atoms with E-state index in [2.05, 4.69) is 15.2 Å². The number of aliphatic hydroxyl groups is 1. The Morgan fingerprint density at radius 3 is 2.43 bits per heavy atom. The van der Waals surface area contributed by atoms with Crippen LogP contribution in [0, 0.1) is 6.92 Å². The van der Waals surface area contributed by atoms with Crippen molar-refractivity contribution in [3.8, 4) is 11.1 Å². The number of nitrogens with zero attached hydrogens (tertiary/aromatic N) is 2. The van der Waals surface area contributed by atoms with Crippen LogP contribution in [-0.4, -0.2) is 27.3 Å². The molecule has 0 radical (unpaired) electrons. The lowest BCUT2D eigenvalue weighted by Crippen LogP contribution is -2.19. The number of hydrogen-bond donors (Lipinski definition) is 2. The molecule has 1 aliphatic carbocycles. The van der Waals surface area contributed by atoms with Crippen LogP contribution in [0.3, 0.4) is 0 Å². The average Bonchev–Trinajstić information content (AvgIpc) is 3.09. The number of allylic oxidation sites excluding steroid dienone is 2. The van der Waals surface area contributed by atoms with Gasteiger partial charge < -0.3 is 5.11 Å². The van der Waals surface area contributed by atoms with Crippen molar-refractivity contribution in [2.24, 2.45) is 4.99 Å². The molecule has 1 aromatic heterocycles. The maximum Gasteiger partial charge on any atom is 0.181 e. The number of aliphatic hydroxyl groups excluding tert-OH is 1. The van der Waals surface area contributed by atoms with Gasteiger partial charge in [-0.1, -0.05) is 60.7 Å². The van der Waals surface area contributed by atoms with Crippen molar-refractivity contribution in [3.63, 3.8) is 0 Å². The number of carbonyl (C=O) groups is 1. The highest BCUT2D eigenvalue weighted by Gasteiger charge is 2.27. The maximum absolute atomic E-state index is 12.6. The number of hydrogen-bond acceptors (Lipinski definition) is 4. The van der Waals surface area contributed by atoms with Crippen LogP contribution in [0.2, 0.25) is 0 Å². The first-order valence-electron chi connectivity index (χ1n) is 9.28. The molecule has 5 heteroatoms. The molecule has 0 saturated carbocycles. The van der Waals surface area contributed by atoms with E-state index in [0.717, 1.165) is 22.4 Å². The zero-order valence-electron chi connectivity index (χ0n) is 15.6. The fourth-order valence-corrected chi connectivity index (χ4v) is 3.60. The minimum Gasteiger partial charge on any atom is -0.511 e. The van der Waals surface area contributed by atoms with Crippen molar-refractivity contribution >= 4 is 17.8 Å². The van der Waals surface area contributed by atoms with Gasteiger partial charge in [-0.25, -0.2) is 4.99 Å². The van der Waals surface area contributed by atoms with Crippen molar-refractivity contribution in [3.05, 3.63) is 83.3 Å². The Labute approximate surface area is 163 Å². The molecule has 2 N–H and O–H groups in total. The lowest BCUT2D eigenvalue weighted by molar-refractivity contribution is -0.116. The molecule has 1 aliphatic rings. The summed E-state index contributed by atoms with van der Waals surface area (Å²) in [6.45, 7) is 1.93. The number of H-pyrrole nitrogens is 1. The number of aromatic nitrogens is 2. The molecule has 2 aromatic carbocycles. The Balaban J connectivity index is 1.61. The van der Waals surface area contributed by atoms with E-state index in [1.165, 1.54) is 6.21 Å². The Hall–Kier alpha value is -3.47. The quantitative estimate of drug-likeness (QED) is 0.630. The summed E-state index contributed by atoms with van der Waals surface area (Å²) in [7, 11) is 0. The molecule has 0 fully saturated rings. The molecule has 4 rings (SSSR count). The fraction of sp³-hybridized carbons (Fsp3) is 0.174. The summed E-state index contributed by atoms with van der Waals surface area (Å²) in [6, 6.07) is 19.7. The lowest BCUT2D eigenvalue weighted by atomic mass is 9.83. The van der Waals surface area contributed by atoms with Crippen LogP contribution in [0.5, 0.6) is 0 Å². The molecule has 1 heterocycles. The van der Waals surface area contributed by atoms with Crippen LogP contribution in [0.25, 0.3) is 11.1 Å². The molecule has 3 aromatic rings. The van der Waals surface area contributed by atoms with Gasteiger partial charge in [0.2, 0.25) is 0 Å². The summed E-state index contributed by atoms with van der Waals surface area (Å²) < 4.78 is 0. The first-order chi connectivity index (χ1) is 13.6. The molecule has 0 aliphatic heterocycles. The normalized spacial score (nSPS) is 17.5. The number of aliphatic imine (C=N–C) groups is 1. The van der Waals surface area contributed by atoms with Gasteiger partial charge in [0.25, 0.3) is 0 Å². The van der Waals surface area contributed by atoms with Gasteiger partial charge in [0, 0.05) is 30.3 Å². The van der Waals surface area contributed by atoms with Crippen LogP contribution in [-0.2, 0) is 4.79 Å². The maximum atomic E-state index is 12.6. The van der Waals surface area contributed by atoms with Gasteiger partial charge >= 0.3 is 0 Å². The lowest BCUT2D eigenvalue weighted by Gasteiger charge is -2.22. The van der Waals surface area contributed by atoms with E-state index in [9.17, 15) is 9.90 Å². The molecule has 0 spiro atoms. The Kier molecular flexibility index (Phi) is 4.89. The molecule has 0 saturated heterocycles. The zero-order chi connectivity index (χ0) is 19.5. The Bertz CT molecular complexity index is 1050. The van der Waals surface area contributed by atoms with Gasteiger partial charge in [-0.2, -0.15) is 5.10 Å². The molecule has 1 atom stereocenters. The predicted octanol–water partition coefficient (Wildman–Crippen LogP) is 5.05. The van der Waals surface area contributed by atoms with Crippen LogP contribution >= 0.6 is 0 Å². The minimum absolute atomic E-state index is 0.00152. The monoisotopic (exact) mass is 371 g/mol. The predicted molar refractivity (Wildman–Crippen MR) is 110 cm³/mol. The van der Waals surface area contributed by atoms with Gasteiger partial charge in [0.1, 0.15) is 5.76 Å². The van der Waals surface area contributed by atoms with E-state index < -0.39 is 0 Å². The number of ketones is 1. The van der Waals surface area contributed by atoms with E-state index >= 15 is 0 Å². The number of rotatable bonds is 4. The third-order valence-electron chi connectivity index (χ3n) is 5.06. The summed E-state index contributed by atoms with van der Waals surface area (Å²) >= 11 is 0. The second-order valence-corrected chi connectivity index (χ2v) is 6.97. The number of aryl methyl sites for hydroxylation is 1. The summed E-state index contributed by atoms with van der Waals surface area (Å²) in [6.07, 6.45) is 2.24. The van der Waals surface area contributed by atoms with Crippen molar-refractivity contribution in [2.45, 2.75) is 25.7 Å². The number of aromatic amines is 1. The van der Waals surface area contributed by atoms with E-state index in [0.29, 0.717) is 18.7 Å². The highest BCUT2D eigenvalue weighted by molar-refractivity contribution is 6.15. The van der Waals surface area contributed by atoms with Gasteiger partial charge in [0.05, 0.1) is 5.57 Å². The molecular formula is C23H21N3O2. The van der Waals surface area contributed by atoms with Crippen molar-refractivity contribution in [1.29, 1.82) is 0 Å². The Morgan fingerprint density at radius 2 is 1.75 bits per heavy atom. The fourth-order valence-electron chi connectivity index (χ4n) is 3.60. The zero-order valence-corrected chi connectivity index (χ0v) is 15.6. The minimum atomic E-state index is -0.102. The smallest absolute Gasteiger partial charge is 0.181 e. The number of carbonyl (C=O) groups excluding carboxylic acids is 1. The molecule has 1 unspecified atom stereocenters. The first kappa shape index (κ1) is 17.9. The number of nitrogens with one attached hydrogen (secondary N) is 1. The highest BCUT2D eigenvalue weighted by atomic mass is 16.3. The van der Waals surface area contributed by atoms with E-state index in [1.54, 1.807) is 0 Å². The summed E-state index contributed by atoms with van der Waals surface area (Å²) in [5, 5.41) is 17.7. The van der Waals surface area contributed by atoms with E-state index in [-0.39, 0.29) is 23.0 Å². The third-order valence-corrected chi connectivity index (χ3v) is 5.06. The molecular weight excluding hydrogens is 350 g/mol. The van der Waals surface area contributed by atoms with Gasteiger partial charge in [0.15, 0.2) is 11.6 Å². The van der Waals surface area contributed by atoms with Gasteiger partial charge in [-0.3, -0.25) is 9.89 Å². The Morgan fingerprint density at radius 1 is 1.07 bits per heavy atom. The standard InChI is InChI=1S/C23H21N3O2/c1-15-22(17-10-6-3-7-11-17)23(26-25-15)24-14-19-20(27)12-18(13-21(19)28)16-8-4-2-5-9-16/h2-11,14,18,27H,12-13H2,1H3,(H,25,26). The summed E-state index contributed by atoms with van der Waals surface area (Å²) in [5.41, 5.74) is 4.12. The van der Waals surface area contributed by atoms with E-state index in [4.69, 9.17) is 0 Å². The third kappa shape index (κ3) is 3.51. The summed E-state index contributed by atoms with van der Waals surface area (Å²) in [4.78, 5) is 17.1. The van der Waals surface area contributed by atoms with Crippen LogP contribution in [0.15, 0.2) is 77.0 Å². The van der Waals surface area contributed by atoms with Crippen molar-refractivity contribution in [2.75, 3.05) is 0 Å². The highest BCUT2D eigenvalue weighted by Crippen LogP contribution is 2.34. The van der Waals surface area contributed by atoms with Crippen LogP contribution in [0.4, 0.5) is 5.82 Å². The second kappa shape index (κ2) is 7.64. The van der Waals surface area contributed by atoms with Gasteiger partial charge in [-0.05, 0) is 24.0 Å². The molecule has 28 heavy (non-hydrogen) atoms. The van der Waals surface area contributed by atoms with Gasteiger partial charge in [-0.15, -0.1) is 0 Å². The second-order valence-electron chi connectivity index (χ2n) is 6.97. The molecule has 5 nitrogen and oxygen atoms in total. The van der Waals surface area contributed by atoms with Crippen LogP contribution in [0.1, 0.15) is 30.0 Å². The topological polar surface area (TPSA) is 78.3 Å². The first-order valence-corrected chi connectivity index (χ1v) is 9.28. The SMILES string of the molecule is Cc1[nH]nc(N=CC2=C(O)CC(c3ccccc3)CC2=O)c1-c1ccccc1. The summed E-state index contributed by atoms with van der Waals surface area (Å²) in [5.74, 6) is 0.484. The largest absolute Gasteiger partial charge is 0.511 e. The number of Topliss-reactive ketones (excluding diaryl/α,β-unsaturated/α-hetero) is 1. The molecule has 140 valence electrons. The van der Waals surface area contributed by atoms with Crippen LogP contribution < -0.4 is 0 Å². The number of benzene rings is 2. The van der Waals surface area contributed by atoms with E-state index in [1.807, 2.05) is 67.6 Å². The van der Waals surface area contributed by atoms with Crippen molar-refractivity contribution < 1.29 is 9.90 Å². The molecule has 0 bridgehead atoms. The van der Waals surface area contributed by atoms with Crippen molar-refractivity contribution in [1.82, 2.24) is 10.2 Å².